The number of aliphatic hydroxyl groups is 2. The maximum atomic E-state index is 11.4. The molecule has 0 saturated heterocycles. The van der Waals surface area contributed by atoms with Crippen LogP contribution in [0.4, 0.5) is 5.69 Å². The average Bonchev–Trinajstić information content (AvgIpc) is 2.37. The summed E-state index contributed by atoms with van der Waals surface area (Å²) in [6.45, 7) is -0.686. The second-order valence-electron chi connectivity index (χ2n) is 3.72. The monoisotopic (exact) mass is 252 g/mol. The van der Waals surface area contributed by atoms with Crippen molar-refractivity contribution in [3.8, 4) is 5.75 Å². The molecule has 0 atom stereocenters. The maximum Gasteiger partial charge on any atom is 0.244 e. The first-order chi connectivity index (χ1) is 8.56. The largest absolute Gasteiger partial charge is 0.508 e. The van der Waals surface area contributed by atoms with Crippen LogP contribution in [-0.4, -0.2) is 40.5 Å². The van der Waals surface area contributed by atoms with E-state index >= 15 is 0 Å². The third kappa shape index (κ3) is 4.08. The number of phenolic OH excluding ortho intramolecular Hbond substituents is 1. The molecule has 0 aliphatic carbocycles. The first kappa shape index (κ1) is 14.0. The third-order valence-electron chi connectivity index (χ3n) is 2.27. The Labute approximate surface area is 104 Å². The molecule has 1 aromatic rings. The Hall–Kier alpha value is -2.05. The SMILES string of the molecule is Nc1ccc(O)cc1/C=C/C(=O)NC(CO)CO. The van der Waals surface area contributed by atoms with Crippen molar-refractivity contribution in [2.45, 2.75) is 6.04 Å². The fourth-order valence-electron chi connectivity index (χ4n) is 1.27. The molecule has 0 spiro atoms. The fraction of sp³-hybridized carbons (Fsp3) is 0.250. The normalized spacial score (nSPS) is 11.1. The van der Waals surface area contributed by atoms with Gasteiger partial charge in [0.05, 0.1) is 19.3 Å². The van der Waals surface area contributed by atoms with Crippen LogP contribution in [0.5, 0.6) is 5.75 Å². The van der Waals surface area contributed by atoms with Gasteiger partial charge in [-0.05, 0) is 24.3 Å². The van der Waals surface area contributed by atoms with Crippen LogP contribution in [0, 0.1) is 0 Å². The molecule has 6 nitrogen and oxygen atoms in total. The highest BCUT2D eigenvalue weighted by atomic mass is 16.3. The van der Waals surface area contributed by atoms with Crippen molar-refractivity contribution < 1.29 is 20.1 Å². The van der Waals surface area contributed by atoms with Gasteiger partial charge in [0, 0.05) is 17.3 Å². The predicted octanol–water partition coefficient (Wildman–Crippen LogP) is -0.543. The smallest absolute Gasteiger partial charge is 0.244 e. The number of nitrogens with two attached hydrogens (primary N) is 1. The summed E-state index contributed by atoms with van der Waals surface area (Å²) in [6, 6.07) is 3.70. The molecule has 0 aliphatic rings. The molecule has 0 aromatic heterocycles. The summed E-state index contributed by atoms with van der Waals surface area (Å²) in [5, 5.41) is 29.2. The Bertz CT molecular complexity index is 442. The van der Waals surface area contributed by atoms with Crippen molar-refractivity contribution in [2.24, 2.45) is 0 Å². The van der Waals surface area contributed by atoms with E-state index in [2.05, 4.69) is 5.32 Å². The lowest BCUT2D eigenvalue weighted by atomic mass is 10.1. The quantitative estimate of drug-likeness (QED) is 0.274. The summed E-state index contributed by atoms with van der Waals surface area (Å²) in [4.78, 5) is 11.4. The van der Waals surface area contributed by atoms with Crippen molar-refractivity contribution in [2.75, 3.05) is 18.9 Å². The van der Waals surface area contributed by atoms with Gasteiger partial charge in [-0.25, -0.2) is 0 Å². The number of aromatic hydroxyl groups is 1. The Kier molecular flexibility index (Phi) is 5.16. The van der Waals surface area contributed by atoms with Crippen LogP contribution >= 0.6 is 0 Å². The van der Waals surface area contributed by atoms with Crippen molar-refractivity contribution >= 4 is 17.7 Å². The number of hydrogen-bond acceptors (Lipinski definition) is 5. The van der Waals surface area contributed by atoms with E-state index in [-0.39, 0.29) is 19.0 Å². The van der Waals surface area contributed by atoms with E-state index in [9.17, 15) is 9.90 Å². The first-order valence-electron chi connectivity index (χ1n) is 5.35. The average molecular weight is 252 g/mol. The zero-order valence-electron chi connectivity index (χ0n) is 9.71. The third-order valence-corrected chi connectivity index (χ3v) is 2.27. The van der Waals surface area contributed by atoms with Crippen LogP contribution in [0.3, 0.4) is 0 Å². The lowest BCUT2D eigenvalue weighted by Crippen LogP contribution is -2.39. The van der Waals surface area contributed by atoms with Gasteiger partial charge in [0.15, 0.2) is 0 Å². The minimum atomic E-state index is -0.691. The number of phenols is 1. The molecule has 6 heteroatoms. The molecule has 6 N–H and O–H groups in total. The number of rotatable bonds is 5. The number of carbonyl (C=O) groups excluding carboxylic acids is 1. The van der Waals surface area contributed by atoms with Gasteiger partial charge in [0.25, 0.3) is 0 Å². The van der Waals surface area contributed by atoms with Crippen molar-refractivity contribution in [1.29, 1.82) is 0 Å². The Morgan fingerprint density at radius 1 is 1.39 bits per heavy atom. The number of nitrogens with one attached hydrogen (secondary N) is 1. The molecular formula is C12H16N2O4. The summed E-state index contributed by atoms with van der Waals surface area (Å²) in [5.74, 6) is -0.418. The predicted molar refractivity (Wildman–Crippen MR) is 67.7 cm³/mol. The fourth-order valence-corrected chi connectivity index (χ4v) is 1.27. The van der Waals surface area contributed by atoms with E-state index in [4.69, 9.17) is 15.9 Å². The number of carbonyl (C=O) groups is 1. The summed E-state index contributed by atoms with van der Waals surface area (Å²) >= 11 is 0. The van der Waals surface area contributed by atoms with Gasteiger partial charge in [0.1, 0.15) is 5.75 Å². The molecule has 18 heavy (non-hydrogen) atoms. The molecule has 0 aliphatic heterocycles. The maximum absolute atomic E-state index is 11.4. The summed E-state index contributed by atoms with van der Waals surface area (Å²) in [7, 11) is 0. The zero-order chi connectivity index (χ0) is 13.5. The molecule has 1 aromatic carbocycles. The number of aliphatic hydroxyl groups excluding tert-OH is 2. The van der Waals surface area contributed by atoms with E-state index < -0.39 is 11.9 Å². The molecule has 1 amide bonds. The Morgan fingerprint density at radius 2 is 2.06 bits per heavy atom. The van der Waals surface area contributed by atoms with E-state index in [1.165, 1.54) is 30.4 Å². The molecule has 98 valence electrons. The number of hydrogen-bond donors (Lipinski definition) is 5. The topological polar surface area (TPSA) is 116 Å². The van der Waals surface area contributed by atoms with Gasteiger partial charge in [-0.2, -0.15) is 0 Å². The molecule has 0 fully saturated rings. The number of amides is 1. The van der Waals surface area contributed by atoms with Crippen LogP contribution in [0.1, 0.15) is 5.56 Å². The highest BCUT2D eigenvalue weighted by Gasteiger charge is 2.07. The Balaban J connectivity index is 2.68. The Morgan fingerprint density at radius 3 is 2.67 bits per heavy atom. The lowest BCUT2D eigenvalue weighted by molar-refractivity contribution is -0.117. The highest BCUT2D eigenvalue weighted by Crippen LogP contribution is 2.19. The second-order valence-corrected chi connectivity index (χ2v) is 3.72. The standard InChI is InChI=1S/C12H16N2O4/c13-11-3-2-10(17)5-8(11)1-4-12(18)14-9(6-15)7-16/h1-5,9,15-17H,6-7,13H2,(H,14,18)/b4-1+. The molecule has 0 bridgehead atoms. The molecule has 0 radical (unpaired) electrons. The number of benzene rings is 1. The summed E-state index contributed by atoms with van der Waals surface area (Å²) < 4.78 is 0. The van der Waals surface area contributed by atoms with Crippen LogP contribution in [0.2, 0.25) is 0 Å². The van der Waals surface area contributed by atoms with Gasteiger partial charge in [-0.3, -0.25) is 4.79 Å². The number of nitrogen functional groups attached to an aromatic ring is 1. The van der Waals surface area contributed by atoms with Gasteiger partial charge in [0.2, 0.25) is 5.91 Å². The van der Waals surface area contributed by atoms with Gasteiger partial charge < -0.3 is 26.4 Å². The zero-order valence-corrected chi connectivity index (χ0v) is 9.71. The second kappa shape index (κ2) is 6.63. The van der Waals surface area contributed by atoms with E-state index in [1.807, 2.05) is 0 Å². The highest BCUT2D eigenvalue weighted by molar-refractivity contribution is 5.92. The van der Waals surface area contributed by atoms with Gasteiger partial charge in [-0.15, -0.1) is 0 Å². The van der Waals surface area contributed by atoms with Crippen molar-refractivity contribution in [3.05, 3.63) is 29.8 Å². The van der Waals surface area contributed by atoms with Crippen LogP contribution in [0.15, 0.2) is 24.3 Å². The first-order valence-corrected chi connectivity index (χ1v) is 5.35. The molecule has 0 heterocycles. The number of anilines is 1. The molecule has 0 unspecified atom stereocenters. The summed E-state index contributed by atoms with van der Waals surface area (Å²) in [6.07, 6.45) is 2.65. The van der Waals surface area contributed by atoms with E-state index in [1.54, 1.807) is 0 Å². The van der Waals surface area contributed by atoms with Crippen LogP contribution in [-0.2, 0) is 4.79 Å². The van der Waals surface area contributed by atoms with Crippen molar-refractivity contribution in [3.63, 3.8) is 0 Å². The minimum Gasteiger partial charge on any atom is -0.508 e. The summed E-state index contributed by atoms with van der Waals surface area (Å²) in [5.41, 5.74) is 6.59. The lowest BCUT2D eigenvalue weighted by Gasteiger charge is -2.11. The minimum absolute atomic E-state index is 0.0489. The van der Waals surface area contributed by atoms with Gasteiger partial charge in [-0.1, -0.05) is 0 Å². The molecular weight excluding hydrogens is 236 g/mol. The molecule has 1 rings (SSSR count). The van der Waals surface area contributed by atoms with Gasteiger partial charge >= 0.3 is 0 Å². The molecule has 0 saturated carbocycles. The van der Waals surface area contributed by atoms with E-state index in [0.717, 1.165) is 0 Å². The van der Waals surface area contributed by atoms with Crippen LogP contribution in [0.25, 0.3) is 6.08 Å². The van der Waals surface area contributed by atoms with Crippen LogP contribution < -0.4 is 11.1 Å². The van der Waals surface area contributed by atoms with E-state index in [0.29, 0.717) is 11.3 Å². The van der Waals surface area contributed by atoms with Crippen molar-refractivity contribution in [1.82, 2.24) is 5.32 Å².